The lowest BCUT2D eigenvalue weighted by atomic mass is 10.0. The van der Waals surface area contributed by atoms with Gasteiger partial charge in [-0.05, 0) is 30.5 Å². The Balaban J connectivity index is 1.91. The Morgan fingerprint density at radius 2 is 1.81 bits per heavy atom. The molecule has 0 atom stereocenters. The minimum Gasteiger partial charge on any atom is -0.493 e. The maximum absolute atomic E-state index is 12.5. The van der Waals surface area contributed by atoms with Crippen molar-refractivity contribution < 1.29 is 22.7 Å². The van der Waals surface area contributed by atoms with E-state index in [4.69, 9.17) is 9.47 Å². The Labute approximate surface area is 155 Å². The molecule has 0 unspecified atom stereocenters. The van der Waals surface area contributed by atoms with Crippen LogP contribution in [0.25, 0.3) is 0 Å². The summed E-state index contributed by atoms with van der Waals surface area (Å²) in [7, 11) is 2.66. The second-order valence-electron chi connectivity index (χ2n) is 6.43. The van der Waals surface area contributed by atoms with Crippen molar-refractivity contribution in [2.45, 2.75) is 25.3 Å². The Bertz CT molecular complexity index is 728. The van der Waals surface area contributed by atoms with Gasteiger partial charge in [-0.1, -0.05) is 6.07 Å². The molecule has 146 valence electrons. The highest BCUT2D eigenvalue weighted by Gasteiger charge is 2.26. The number of hydrogen-bond donors (Lipinski definition) is 1. The molecule has 8 nitrogen and oxygen atoms in total. The molecular formula is C17H27N3O5S. The average molecular weight is 385 g/mol. The van der Waals surface area contributed by atoms with E-state index in [0.717, 1.165) is 9.87 Å². The number of methoxy groups -OCH3 is 2. The molecule has 0 aromatic heterocycles. The summed E-state index contributed by atoms with van der Waals surface area (Å²) < 4.78 is 38.0. The molecule has 0 bridgehead atoms. The zero-order valence-electron chi connectivity index (χ0n) is 15.7. The lowest BCUT2D eigenvalue weighted by Crippen LogP contribution is -2.49. The van der Waals surface area contributed by atoms with Crippen LogP contribution in [0.5, 0.6) is 11.5 Å². The molecule has 1 aromatic carbocycles. The first kappa shape index (κ1) is 20.5. The van der Waals surface area contributed by atoms with Gasteiger partial charge in [-0.25, -0.2) is 0 Å². The van der Waals surface area contributed by atoms with E-state index >= 15 is 0 Å². The van der Waals surface area contributed by atoms with Gasteiger partial charge in [-0.15, -0.1) is 0 Å². The quantitative estimate of drug-likeness (QED) is 0.744. The molecule has 0 spiro atoms. The van der Waals surface area contributed by atoms with Crippen LogP contribution in [0.4, 0.5) is 0 Å². The first-order valence-corrected chi connectivity index (χ1v) is 9.89. The highest BCUT2D eigenvalue weighted by Crippen LogP contribution is 2.28. The summed E-state index contributed by atoms with van der Waals surface area (Å²) in [4.78, 5) is 14.3. The Hall–Kier alpha value is -1.84. The van der Waals surface area contributed by atoms with Gasteiger partial charge in [-0.3, -0.25) is 4.79 Å². The van der Waals surface area contributed by atoms with Gasteiger partial charge in [0.05, 0.1) is 20.6 Å². The van der Waals surface area contributed by atoms with Gasteiger partial charge in [0.2, 0.25) is 5.91 Å². The zero-order chi connectivity index (χ0) is 19.3. The fourth-order valence-corrected chi connectivity index (χ4v) is 3.71. The van der Waals surface area contributed by atoms with Crippen LogP contribution < -0.4 is 14.2 Å². The third-order valence-corrected chi connectivity index (χ3v) is 6.04. The monoisotopic (exact) mass is 385 g/mol. The van der Waals surface area contributed by atoms with Gasteiger partial charge < -0.3 is 14.4 Å². The molecule has 1 amide bonds. The van der Waals surface area contributed by atoms with E-state index in [-0.39, 0.29) is 18.4 Å². The first-order valence-electron chi connectivity index (χ1n) is 8.45. The van der Waals surface area contributed by atoms with Crippen LogP contribution in [0.15, 0.2) is 18.2 Å². The number of carbonyl (C=O) groups excluding carboxylic acids is 1. The molecule has 1 aliphatic heterocycles. The largest absolute Gasteiger partial charge is 0.493 e. The van der Waals surface area contributed by atoms with Gasteiger partial charge in [0, 0.05) is 33.2 Å². The number of nitrogens with one attached hydrogen (secondary N) is 1. The minimum absolute atomic E-state index is 0.0196. The standard InChI is InChI=1S/C17H27N3O5S/c1-19(2)26(22,23)18-14-7-9-20(10-8-14)17(21)12-13-5-6-15(24-3)16(11-13)25-4/h5-6,11,14,18H,7-10,12H2,1-4H3. The Morgan fingerprint density at radius 1 is 1.19 bits per heavy atom. The number of amides is 1. The zero-order valence-corrected chi connectivity index (χ0v) is 16.5. The van der Waals surface area contributed by atoms with Crippen LogP contribution >= 0.6 is 0 Å². The van der Waals surface area contributed by atoms with Crippen LogP contribution in [-0.2, 0) is 21.4 Å². The molecule has 9 heteroatoms. The van der Waals surface area contributed by atoms with Gasteiger partial charge in [0.15, 0.2) is 11.5 Å². The summed E-state index contributed by atoms with van der Waals surface area (Å²) in [6, 6.07) is 5.28. The Morgan fingerprint density at radius 3 is 2.35 bits per heavy atom. The molecule has 1 saturated heterocycles. The summed E-state index contributed by atoms with van der Waals surface area (Å²) in [6.07, 6.45) is 1.48. The molecule has 1 aliphatic rings. The van der Waals surface area contributed by atoms with Crippen molar-refractivity contribution in [1.29, 1.82) is 0 Å². The number of hydrogen-bond acceptors (Lipinski definition) is 5. The van der Waals surface area contributed by atoms with E-state index in [1.165, 1.54) is 14.1 Å². The number of ether oxygens (including phenoxy) is 2. The molecule has 0 aliphatic carbocycles. The maximum atomic E-state index is 12.5. The average Bonchev–Trinajstić information content (AvgIpc) is 2.61. The van der Waals surface area contributed by atoms with Crippen molar-refractivity contribution >= 4 is 16.1 Å². The molecule has 0 saturated carbocycles. The highest BCUT2D eigenvalue weighted by atomic mass is 32.2. The third kappa shape index (κ3) is 5.09. The van der Waals surface area contributed by atoms with E-state index < -0.39 is 10.2 Å². The predicted molar refractivity (Wildman–Crippen MR) is 98.6 cm³/mol. The molecule has 2 rings (SSSR count). The molecule has 1 heterocycles. The number of likely N-dealkylation sites (tertiary alicyclic amines) is 1. The second kappa shape index (κ2) is 8.70. The van der Waals surface area contributed by atoms with Crippen LogP contribution in [0.3, 0.4) is 0 Å². The minimum atomic E-state index is -3.44. The normalized spacial score (nSPS) is 16.0. The van der Waals surface area contributed by atoms with Crippen molar-refractivity contribution in [3.8, 4) is 11.5 Å². The maximum Gasteiger partial charge on any atom is 0.279 e. The lowest BCUT2D eigenvalue weighted by Gasteiger charge is -2.32. The van der Waals surface area contributed by atoms with Gasteiger partial charge in [0.1, 0.15) is 0 Å². The summed E-state index contributed by atoms with van der Waals surface area (Å²) in [6.45, 7) is 1.07. The van der Waals surface area contributed by atoms with Gasteiger partial charge >= 0.3 is 0 Å². The first-order chi connectivity index (χ1) is 12.3. The molecule has 1 N–H and O–H groups in total. The van der Waals surface area contributed by atoms with E-state index in [0.29, 0.717) is 37.4 Å². The summed E-state index contributed by atoms with van der Waals surface area (Å²) in [5.74, 6) is 1.23. The summed E-state index contributed by atoms with van der Waals surface area (Å²) >= 11 is 0. The Kier molecular flexibility index (Phi) is 6.85. The number of rotatable bonds is 7. The molecule has 0 radical (unpaired) electrons. The van der Waals surface area contributed by atoms with Crippen molar-refractivity contribution in [3.63, 3.8) is 0 Å². The topological polar surface area (TPSA) is 88.2 Å². The smallest absolute Gasteiger partial charge is 0.279 e. The van der Waals surface area contributed by atoms with Crippen molar-refractivity contribution in [3.05, 3.63) is 23.8 Å². The van der Waals surface area contributed by atoms with Gasteiger partial charge in [-0.2, -0.15) is 17.4 Å². The third-order valence-electron chi connectivity index (χ3n) is 4.45. The van der Waals surface area contributed by atoms with Crippen LogP contribution in [0.1, 0.15) is 18.4 Å². The fourth-order valence-electron chi connectivity index (χ4n) is 2.84. The van der Waals surface area contributed by atoms with E-state index in [9.17, 15) is 13.2 Å². The number of piperidine rings is 1. The van der Waals surface area contributed by atoms with Crippen LogP contribution in [0.2, 0.25) is 0 Å². The van der Waals surface area contributed by atoms with Crippen molar-refractivity contribution in [2.24, 2.45) is 0 Å². The van der Waals surface area contributed by atoms with Crippen LogP contribution in [0, 0.1) is 0 Å². The predicted octanol–water partition coefficient (Wildman–Crippen LogP) is 0.633. The van der Waals surface area contributed by atoms with E-state index in [1.54, 1.807) is 31.3 Å². The second-order valence-corrected chi connectivity index (χ2v) is 8.34. The SMILES string of the molecule is COc1ccc(CC(=O)N2CCC(NS(=O)(=O)N(C)C)CC2)cc1OC. The lowest BCUT2D eigenvalue weighted by molar-refractivity contribution is -0.131. The molecule has 1 aromatic rings. The van der Waals surface area contributed by atoms with Crippen molar-refractivity contribution in [1.82, 2.24) is 13.9 Å². The summed E-state index contributed by atoms with van der Waals surface area (Å²) in [5.41, 5.74) is 0.850. The molecular weight excluding hydrogens is 358 g/mol. The number of nitrogens with zero attached hydrogens (tertiary/aromatic N) is 2. The number of benzene rings is 1. The van der Waals surface area contributed by atoms with Gasteiger partial charge in [0.25, 0.3) is 10.2 Å². The highest BCUT2D eigenvalue weighted by molar-refractivity contribution is 7.87. The van der Waals surface area contributed by atoms with Crippen molar-refractivity contribution in [2.75, 3.05) is 41.4 Å². The van der Waals surface area contributed by atoms with E-state index in [2.05, 4.69) is 4.72 Å². The summed E-state index contributed by atoms with van der Waals surface area (Å²) in [5, 5.41) is 0. The van der Waals surface area contributed by atoms with E-state index in [1.807, 2.05) is 6.07 Å². The fraction of sp³-hybridized carbons (Fsp3) is 0.588. The van der Waals surface area contributed by atoms with Crippen LogP contribution in [-0.4, -0.2) is 71.0 Å². The molecule has 26 heavy (non-hydrogen) atoms. The number of carbonyl (C=O) groups is 1. The molecule has 1 fully saturated rings.